The van der Waals surface area contributed by atoms with Gasteiger partial charge in [-0.1, -0.05) is 12.1 Å². The highest BCUT2D eigenvalue weighted by molar-refractivity contribution is 5.80. The smallest absolute Gasteiger partial charge is 0.238 e. The van der Waals surface area contributed by atoms with Crippen LogP contribution in [-0.2, 0) is 4.79 Å². The Morgan fingerprint density at radius 2 is 2.06 bits per heavy atom. The number of likely N-dealkylation sites (N-methyl/N-ethyl adjacent to an activating group) is 1. The number of nitrogens with zero attached hydrogens (tertiary/aromatic N) is 2. The van der Waals surface area contributed by atoms with Gasteiger partial charge in [-0.05, 0) is 27.2 Å². The standard InChI is InChI=1S/C13H23N3O2/c1-7-11(12-8(2)15-18-10(12)4)14-9(3)13(17)16(5)6/h9,11,14H,7H2,1-6H3/t9-,11+/m1/s1. The van der Waals surface area contributed by atoms with E-state index in [0.717, 1.165) is 23.4 Å². The topological polar surface area (TPSA) is 58.4 Å². The van der Waals surface area contributed by atoms with Gasteiger partial charge in [0.15, 0.2) is 0 Å². The molecule has 1 rings (SSSR count). The molecule has 0 unspecified atom stereocenters. The fourth-order valence-corrected chi connectivity index (χ4v) is 2.15. The molecule has 0 aliphatic carbocycles. The summed E-state index contributed by atoms with van der Waals surface area (Å²) in [6.07, 6.45) is 0.883. The molecule has 0 aromatic carbocycles. The zero-order chi connectivity index (χ0) is 13.9. The first kappa shape index (κ1) is 14.7. The summed E-state index contributed by atoms with van der Waals surface area (Å²) in [7, 11) is 3.52. The minimum Gasteiger partial charge on any atom is -0.361 e. The Morgan fingerprint density at radius 3 is 2.44 bits per heavy atom. The Morgan fingerprint density at radius 1 is 1.44 bits per heavy atom. The van der Waals surface area contributed by atoms with Crippen molar-refractivity contribution < 1.29 is 9.32 Å². The minimum absolute atomic E-state index is 0.0696. The number of rotatable bonds is 5. The van der Waals surface area contributed by atoms with Crippen molar-refractivity contribution in [1.29, 1.82) is 0 Å². The molecule has 18 heavy (non-hydrogen) atoms. The number of hydrogen-bond donors (Lipinski definition) is 1. The van der Waals surface area contributed by atoms with Gasteiger partial charge in [0.1, 0.15) is 5.76 Å². The first-order chi connectivity index (χ1) is 8.38. The van der Waals surface area contributed by atoms with E-state index < -0.39 is 0 Å². The largest absolute Gasteiger partial charge is 0.361 e. The molecule has 5 heteroatoms. The maximum Gasteiger partial charge on any atom is 0.238 e. The lowest BCUT2D eigenvalue weighted by Crippen LogP contribution is -2.43. The second-order valence-corrected chi connectivity index (χ2v) is 4.82. The fraction of sp³-hybridized carbons (Fsp3) is 0.692. The van der Waals surface area contributed by atoms with Crippen molar-refractivity contribution >= 4 is 5.91 Å². The molecule has 1 heterocycles. The van der Waals surface area contributed by atoms with E-state index in [-0.39, 0.29) is 18.0 Å². The molecule has 0 aliphatic rings. The second kappa shape index (κ2) is 6.00. The first-order valence-electron chi connectivity index (χ1n) is 6.28. The van der Waals surface area contributed by atoms with Gasteiger partial charge in [0.2, 0.25) is 5.91 Å². The normalized spacial score (nSPS) is 14.3. The predicted octanol–water partition coefficient (Wildman–Crippen LogP) is 1.81. The van der Waals surface area contributed by atoms with E-state index in [2.05, 4.69) is 17.4 Å². The Hall–Kier alpha value is -1.36. The van der Waals surface area contributed by atoms with Gasteiger partial charge in [-0.25, -0.2) is 0 Å². The molecular formula is C13H23N3O2. The van der Waals surface area contributed by atoms with E-state index in [4.69, 9.17) is 4.52 Å². The fourth-order valence-electron chi connectivity index (χ4n) is 2.15. The molecule has 0 saturated heterocycles. The van der Waals surface area contributed by atoms with E-state index in [1.807, 2.05) is 20.8 Å². The lowest BCUT2D eigenvalue weighted by atomic mass is 10.0. The van der Waals surface area contributed by atoms with Crippen LogP contribution >= 0.6 is 0 Å². The van der Waals surface area contributed by atoms with Crippen LogP contribution in [0.5, 0.6) is 0 Å². The lowest BCUT2D eigenvalue weighted by Gasteiger charge is -2.24. The number of carbonyl (C=O) groups is 1. The molecule has 1 aromatic heterocycles. The van der Waals surface area contributed by atoms with E-state index >= 15 is 0 Å². The molecule has 0 fully saturated rings. The summed E-state index contributed by atoms with van der Waals surface area (Å²) in [5, 5.41) is 7.30. The summed E-state index contributed by atoms with van der Waals surface area (Å²) < 4.78 is 5.18. The van der Waals surface area contributed by atoms with Gasteiger partial charge in [-0.15, -0.1) is 0 Å². The average Bonchev–Trinajstić information content (AvgIpc) is 2.65. The van der Waals surface area contributed by atoms with E-state index in [9.17, 15) is 4.79 Å². The SMILES string of the molecule is CC[C@H](N[C@H](C)C(=O)N(C)C)c1c(C)noc1C. The van der Waals surface area contributed by atoms with Crippen molar-refractivity contribution in [3.63, 3.8) is 0 Å². The minimum atomic E-state index is -0.223. The summed E-state index contributed by atoms with van der Waals surface area (Å²) in [5.74, 6) is 0.886. The number of aromatic nitrogens is 1. The van der Waals surface area contributed by atoms with Gasteiger partial charge in [0.05, 0.1) is 11.7 Å². The van der Waals surface area contributed by atoms with Crippen LogP contribution in [0.1, 0.15) is 43.3 Å². The quantitative estimate of drug-likeness (QED) is 0.869. The third-order valence-electron chi connectivity index (χ3n) is 3.11. The Labute approximate surface area is 109 Å². The van der Waals surface area contributed by atoms with Crippen LogP contribution in [0, 0.1) is 13.8 Å². The predicted molar refractivity (Wildman–Crippen MR) is 70.3 cm³/mol. The summed E-state index contributed by atoms with van der Waals surface area (Å²) in [5.41, 5.74) is 1.95. The van der Waals surface area contributed by atoms with Crippen LogP contribution in [0.2, 0.25) is 0 Å². The highest BCUT2D eigenvalue weighted by Crippen LogP contribution is 2.24. The Kier molecular flexibility index (Phi) is 4.90. The molecule has 1 amide bonds. The molecule has 0 saturated carbocycles. The highest BCUT2D eigenvalue weighted by atomic mass is 16.5. The Bertz CT molecular complexity index is 393. The third kappa shape index (κ3) is 3.10. The van der Waals surface area contributed by atoms with Crippen molar-refractivity contribution in [1.82, 2.24) is 15.4 Å². The van der Waals surface area contributed by atoms with Gasteiger partial charge in [0, 0.05) is 25.7 Å². The van der Waals surface area contributed by atoms with E-state index in [1.165, 1.54) is 0 Å². The van der Waals surface area contributed by atoms with Crippen LogP contribution in [0.4, 0.5) is 0 Å². The lowest BCUT2D eigenvalue weighted by molar-refractivity contribution is -0.130. The van der Waals surface area contributed by atoms with Crippen molar-refractivity contribution in [2.24, 2.45) is 0 Å². The van der Waals surface area contributed by atoms with Crippen molar-refractivity contribution in [2.45, 2.75) is 46.2 Å². The van der Waals surface area contributed by atoms with Gasteiger partial charge < -0.3 is 9.42 Å². The molecular weight excluding hydrogens is 230 g/mol. The number of nitrogens with one attached hydrogen (secondary N) is 1. The van der Waals surface area contributed by atoms with Crippen LogP contribution < -0.4 is 5.32 Å². The molecule has 0 radical (unpaired) electrons. The summed E-state index contributed by atoms with van der Waals surface area (Å²) in [4.78, 5) is 13.5. The number of carbonyl (C=O) groups excluding carboxylic acids is 1. The van der Waals surface area contributed by atoms with Gasteiger partial charge in [-0.2, -0.15) is 0 Å². The first-order valence-corrected chi connectivity index (χ1v) is 6.28. The van der Waals surface area contributed by atoms with Crippen LogP contribution in [0.25, 0.3) is 0 Å². The molecule has 5 nitrogen and oxygen atoms in total. The monoisotopic (exact) mass is 253 g/mol. The van der Waals surface area contributed by atoms with E-state index in [0.29, 0.717) is 0 Å². The summed E-state index contributed by atoms with van der Waals surface area (Å²) in [6, 6.07) is -0.131. The number of hydrogen-bond acceptors (Lipinski definition) is 4. The molecule has 102 valence electrons. The maximum absolute atomic E-state index is 11.9. The zero-order valence-corrected chi connectivity index (χ0v) is 12.1. The molecule has 0 aliphatic heterocycles. The highest BCUT2D eigenvalue weighted by Gasteiger charge is 2.23. The second-order valence-electron chi connectivity index (χ2n) is 4.82. The summed E-state index contributed by atoms with van der Waals surface area (Å²) >= 11 is 0. The average molecular weight is 253 g/mol. The number of amides is 1. The molecule has 1 aromatic rings. The molecule has 2 atom stereocenters. The van der Waals surface area contributed by atoms with Crippen LogP contribution in [0.3, 0.4) is 0 Å². The van der Waals surface area contributed by atoms with Crippen molar-refractivity contribution in [3.05, 3.63) is 17.0 Å². The van der Waals surface area contributed by atoms with Gasteiger partial charge in [0.25, 0.3) is 0 Å². The number of aryl methyl sites for hydroxylation is 2. The van der Waals surface area contributed by atoms with Crippen LogP contribution in [0.15, 0.2) is 4.52 Å². The molecule has 1 N–H and O–H groups in total. The Balaban J connectivity index is 2.83. The summed E-state index contributed by atoms with van der Waals surface area (Å²) in [6.45, 7) is 7.78. The van der Waals surface area contributed by atoms with Gasteiger partial charge >= 0.3 is 0 Å². The molecule has 0 spiro atoms. The maximum atomic E-state index is 11.9. The van der Waals surface area contributed by atoms with Crippen molar-refractivity contribution in [2.75, 3.05) is 14.1 Å². The van der Waals surface area contributed by atoms with Crippen LogP contribution in [-0.4, -0.2) is 36.1 Å². The van der Waals surface area contributed by atoms with E-state index in [1.54, 1.807) is 19.0 Å². The molecule has 0 bridgehead atoms. The third-order valence-corrected chi connectivity index (χ3v) is 3.11. The zero-order valence-electron chi connectivity index (χ0n) is 12.1. The van der Waals surface area contributed by atoms with Crippen molar-refractivity contribution in [3.8, 4) is 0 Å². The van der Waals surface area contributed by atoms with Gasteiger partial charge in [-0.3, -0.25) is 10.1 Å².